The van der Waals surface area contributed by atoms with Crippen molar-refractivity contribution in [2.24, 2.45) is 0 Å². The lowest BCUT2D eigenvalue weighted by Crippen LogP contribution is -2.38. The summed E-state index contributed by atoms with van der Waals surface area (Å²) in [4.78, 5) is 2.53. The van der Waals surface area contributed by atoms with Crippen LogP contribution in [0.4, 0.5) is 5.69 Å². The second-order valence-corrected chi connectivity index (χ2v) is 7.19. The van der Waals surface area contributed by atoms with Gasteiger partial charge in [0.1, 0.15) is 0 Å². The highest BCUT2D eigenvalue weighted by Crippen LogP contribution is 2.46. The Balaban J connectivity index is 1.62. The zero-order chi connectivity index (χ0) is 15.9. The van der Waals surface area contributed by atoms with Crippen LogP contribution in [-0.4, -0.2) is 29.5 Å². The van der Waals surface area contributed by atoms with Crippen molar-refractivity contribution < 1.29 is 4.74 Å². The summed E-state index contributed by atoms with van der Waals surface area (Å²) in [6.45, 7) is 8.13. The third-order valence-electron chi connectivity index (χ3n) is 5.32. The van der Waals surface area contributed by atoms with Crippen LogP contribution < -0.4 is 4.90 Å². The lowest BCUT2D eigenvalue weighted by molar-refractivity contribution is 0.0553. The number of hydrogen-bond acceptors (Lipinski definition) is 3. The number of para-hydroxylation sites is 1. The number of anilines is 1. The molecule has 0 atom stereocenters. The monoisotopic (exact) mass is 311 g/mol. The fourth-order valence-corrected chi connectivity index (χ4v) is 4.03. The van der Waals surface area contributed by atoms with Crippen LogP contribution in [0.5, 0.6) is 0 Å². The second-order valence-electron chi connectivity index (χ2n) is 7.19. The van der Waals surface area contributed by atoms with Crippen LogP contribution >= 0.6 is 0 Å². The first kappa shape index (κ1) is 14.8. The van der Waals surface area contributed by atoms with E-state index in [4.69, 9.17) is 4.74 Å². The SMILES string of the molecule is CC(C)n1cc(CN2CC3(CCOCC3)c3ccccc32)cn1. The number of nitrogens with zero attached hydrogens (tertiary/aromatic N) is 3. The van der Waals surface area contributed by atoms with E-state index in [9.17, 15) is 0 Å². The molecule has 4 rings (SSSR count). The van der Waals surface area contributed by atoms with Crippen molar-refractivity contribution in [2.45, 2.75) is 44.7 Å². The molecule has 2 aliphatic rings. The van der Waals surface area contributed by atoms with Gasteiger partial charge in [-0.25, -0.2) is 0 Å². The third kappa shape index (κ3) is 2.55. The Morgan fingerprint density at radius 2 is 2.00 bits per heavy atom. The number of ether oxygens (including phenoxy) is 1. The molecule has 1 fully saturated rings. The van der Waals surface area contributed by atoms with Gasteiger partial charge < -0.3 is 9.64 Å². The van der Waals surface area contributed by atoms with Crippen molar-refractivity contribution in [1.82, 2.24) is 9.78 Å². The van der Waals surface area contributed by atoms with Crippen molar-refractivity contribution >= 4 is 5.69 Å². The maximum Gasteiger partial charge on any atom is 0.0539 e. The molecule has 0 radical (unpaired) electrons. The predicted molar refractivity (Wildman–Crippen MR) is 91.8 cm³/mol. The van der Waals surface area contributed by atoms with Gasteiger partial charge in [-0.3, -0.25) is 4.68 Å². The van der Waals surface area contributed by atoms with Crippen LogP contribution in [0.15, 0.2) is 36.7 Å². The summed E-state index contributed by atoms with van der Waals surface area (Å²) < 4.78 is 7.67. The molecule has 4 heteroatoms. The molecular weight excluding hydrogens is 286 g/mol. The number of aromatic nitrogens is 2. The fourth-order valence-electron chi connectivity index (χ4n) is 4.03. The van der Waals surface area contributed by atoms with Crippen LogP contribution in [0.2, 0.25) is 0 Å². The quantitative estimate of drug-likeness (QED) is 0.868. The summed E-state index contributed by atoms with van der Waals surface area (Å²) in [6, 6.07) is 9.33. The van der Waals surface area contributed by atoms with Crippen molar-refractivity contribution in [3.63, 3.8) is 0 Å². The highest BCUT2D eigenvalue weighted by Gasteiger charge is 2.43. The van der Waals surface area contributed by atoms with Crippen LogP contribution in [0, 0.1) is 0 Å². The smallest absolute Gasteiger partial charge is 0.0539 e. The molecule has 1 aromatic heterocycles. The minimum Gasteiger partial charge on any atom is -0.381 e. The highest BCUT2D eigenvalue weighted by molar-refractivity contribution is 5.63. The van der Waals surface area contributed by atoms with E-state index < -0.39 is 0 Å². The molecule has 0 unspecified atom stereocenters. The van der Waals surface area contributed by atoms with Gasteiger partial charge in [0, 0.05) is 55.2 Å². The summed E-state index contributed by atoms with van der Waals surface area (Å²) >= 11 is 0. The molecule has 4 nitrogen and oxygen atoms in total. The van der Waals surface area contributed by atoms with Crippen LogP contribution in [-0.2, 0) is 16.7 Å². The molecular formula is C19H25N3O. The van der Waals surface area contributed by atoms with E-state index in [0.29, 0.717) is 6.04 Å². The Morgan fingerprint density at radius 3 is 2.74 bits per heavy atom. The first-order chi connectivity index (χ1) is 11.2. The number of hydrogen-bond donors (Lipinski definition) is 0. The lowest BCUT2D eigenvalue weighted by Gasteiger charge is -2.34. The highest BCUT2D eigenvalue weighted by atomic mass is 16.5. The van der Waals surface area contributed by atoms with Crippen LogP contribution in [0.1, 0.15) is 43.9 Å². The van der Waals surface area contributed by atoms with Gasteiger partial charge in [-0.05, 0) is 38.3 Å². The normalized spacial score (nSPS) is 19.5. The van der Waals surface area contributed by atoms with Gasteiger partial charge >= 0.3 is 0 Å². The number of benzene rings is 1. The first-order valence-corrected chi connectivity index (χ1v) is 8.63. The Morgan fingerprint density at radius 1 is 1.22 bits per heavy atom. The van der Waals surface area contributed by atoms with E-state index in [0.717, 1.165) is 39.1 Å². The Kier molecular flexibility index (Phi) is 3.64. The summed E-state index contributed by atoms with van der Waals surface area (Å²) in [5.74, 6) is 0. The molecule has 1 spiro atoms. The summed E-state index contributed by atoms with van der Waals surface area (Å²) in [6.07, 6.45) is 6.46. The topological polar surface area (TPSA) is 30.3 Å². The Bertz CT molecular complexity index is 685. The van der Waals surface area contributed by atoms with Gasteiger partial charge in [0.15, 0.2) is 0 Å². The van der Waals surface area contributed by atoms with Gasteiger partial charge in [-0.2, -0.15) is 5.10 Å². The molecule has 1 saturated heterocycles. The molecule has 0 saturated carbocycles. The van der Waals surface area contributed by atoms with Crippen LogP contribution in [0.3, 0.4) is 0 Å². The molecule has 0 N–H and O–H groups in total. The van der Waals surface area contributed by atoms with E-state index in [1.807, 2.05) is 10.9 Å². The summed E-state index contributed by atoms with van der Waals surface area (Å²) in [5, 5.41) is 4.49. The predicted octanol–water partition coefficient (Wildman–Crippen LogP) is 3.53. The number of rotatable bonds is 3. The van der Waals surface area contributed by atoms with Gasteiger partial charge in [0.2, 0.25) is 0 Å². The molecule has 0 bridgehead atoms. The molecule has 122 valence electrons. The standard InChI is InChI=1S/C19H25N3O/c1-15(2)22-13-16(11-20-22)12-21-14-19(7-9-23-10-8-19)17-5-3-4-6-18(17)21/h3-6,11,13,15H,7-10,12,14H2,1-2H3. The van der Waals surface area contributed by atoms with Gasteiger partial charge in [0.25, 0.3) is 0 Å². The molecule has 23 heavy (non-hydrogen) atoms. The molecule has 1 aromatic carbocycles. The molecule has 0 aliphatic carbocycles. The van der Waals surface area contributed by atoms with Crippen molar-refractivity contribution in [3.8, 4) is 0 Å². The van der Waals surface area contributed by atoms with E-state index in [1.54, 1.807) is 0 Å². The average Bonchev–Trinajstić information content (AvgIpc) is 3.14. The summed E-state index contributed by atoms with van der Waals surface area (Å²) in [5.41, 5.74) is 4.48. The molecule has 0 amide bonds. The van der Waals surface area contributed by atoms with E-state index >= 15 is 0 Å². The summed E-state index contributed by atoms with van der Waals surface area (Å²) in [7, 11) is 0. The van der Waals surface area contributed by atoms with E-state index in [2.05, 4.69) is 54.3 Å². The Hall–Kier alpha value is -1.81. The minimum absolute atomic E-state index is 0.281. The minimum atomic E-state index is 0.281. The van der Waals surface area contributed by atoms with Gasteiger partial charge in [-0.1, -0.05) is 18.2 Å². The molecule has 2 aliphatic heterocycles. The second kappa shape index (κ2) is 5.68. The molecule has 3 heterocycles. The van der Waals surface area contributed by atoms with E-state index in [1.165, 1.54) is 16.8 Å². The maximum absolute atomic E-state index is 5.62. The molecule has 2 aromatic rings. The largest absolute Gasteiger partial charge is 0.381 e. The third-order valence-corrected chi connectivity index (χ3v) is 5.32. The van der Waals surface area contributed by atoms with Gasteiger partial charge in [0.05, 0.1) is 6.20 Å². The van der Waals surface area contributed by atoms with Crippen molar-refractivity contribution in [3.05, 3.63) is 47.8 Å². The lowest BCUT2D eigenvalue weighted by atomic mass is 9.76. The van der Waals surface area contributed by atoms with Crippen LogP contribution in [0.25, 0.3) is 0 Å². The Labute approximate surface area is 138 Å². The number of fused-ring (bicyclic) bond motifs is 2. The van der Waals surface area contributed by atoms with Gasteiger partial charge in [-0.15, -0.1) is 0 Å². The zero-order valence-electron chi connectivity index (χ0n) is 14.0. The first-order valence-electron chi connectivity index (χ1n) is 8.63. The average molecular weight is 311 g/mol. The maximum atomic E-state index is 5.62. The van der Waals surface area contributed by atoms with Crippen molar-refractivity contribution in [1.29, 1.82) is 0 Å². The fraction of sp³-hybridized carbons (Fsp3) is 0.526. The zero-order valence-corrected chi connectivity index (χ0v) is 14.0. The van der Waals surface area contributed by atoms with Crippen molar-refractivity contribution in [2.75, 3.05) is 24.7 Å². The van der Waals surface area contributed by atoms with E-state index in [-0.39, 0.29) is 5.41 Å².